The molecular weight excluding hydrogens is 115 g/mol. The maximum Gasteiger partial charge on any atom is 0.131 e. The summed E-state index contributed by atoms with van der Waals surface area (Å²) >= 11 is 0. The molecule has 1 radical (unpaired) electrons. The number of rotatable bonds is 0. The second-order valence-corrected chi connectivity index (χ2v) is 1.57. The van der Waals surface area contributed by atoms with Crippen molar-refractivity contribution < 1.29 is 4.39 Å². The third kappa shape index (κ3) is 1.30. The van der Waals surface area contributed by atoms with Crippen LogP contribution in [0.3, 0.4) is 0 Å². The fourth-order valence-electron chi connectivity index (χ4n) is 0.496. The van der Waals surface area contributed by atoms with E-state index in [1.54, 1.807) is 0 Å². The molecule has 0 bridgehead atoms. The van der Waals surface area contributed by atoms with Crippen LogP contribution >= 0.6 is 0 Å². The van der Waals surface area contributed by atoms with E-state index in [1.165, 1.54) is 18.2 Å². The van der Waals surface area contributed by atoms with Gasteiger partial charge in [-0.05, 0) is 18.2 Å². The molecule has 1 aromatic carbocycles. The van der Waals surface area contributed by atoms with Crippen LogP contribution in [0.5, 0.6) is 0 Å². The zero-order valence-corrected chi connectivity index (χ0v) is 4.69. The molecule has 0 N–H and O–H groups in total. The van der Waals surface area contributed by atoms with Crippen molar-refractivity contribution in [2.75, 3.05) is 0 Å². The Morgan fingerprint density at radius 2 is 2.33 bits per heavy atom. The lowest BCUT2D eigenvalue weighted by molar-refractivity contribution is 0.625. The van der Waals surface area contributed by atoms with Crippen LogP contribution in [-0.2, 0) is 0 Å². The molecular formula is C8H4F. The molecule has 0 heterocycles. The fourth-order valence-corrected chi connectivity index (χ4v) is 0.496. The molecule has 0 aliphatic rings. The summed E-state index contributed by atoms with van der Waals surface area (Å²) in [7, 11) is 0. The quantitative estimate of drug-likeness (QED) is 0.455. The van der Waals surface area contributed by atoms with Crippen molar-refractivity contribution in [1.82, 2.24) is 0 Å². The Morgan fingerprint density at radius 1 is 1.56 bits per heavy atom. The van der Waals surface area contributed by atoms with Gasteiger partial charge in [-0.2, -0.15) is 0 Å². The number of hydrogen-bond acceptors (Lipinski definition) is 0. The van der Waals surface area contributed by atoms with Crippen LogP contribution in [0.25, 0.3) is 0 Å². The molecule has 0 amide bonds. The van der Waals surface area contributed by atoms with Crippen LogP contribution in [0.1, 0.15) is 5.56 Å². The van der Waals surface area contributed by atoms with E-state index in [-0.39, 0.29) is 5.82 Å². The van der Waals surface area contributed by atoms with E-state index in [2.05, 4.69) is 12.0 Å². The number of halogens is 1. The Morgan fingerprint density at radius 3 is 2.78 bits per heavy atom. The van der Waals surface area contributed by atoms with Crippen LogP contribution in [0.15, 0.2) is 18.2 Å². The van der Waals surface area contributed by atoms with E-state index in [0.717, 1.165) is 0 Å². The largest absolute Gasteiger partial charge is 0.206 e. The summed E-state index contributed by atoms with van der Waals surface area (Å²) in [4.78, 5) is 0. The van der Waals surface area contributed by atoms with Crippen LogP contribution in [0.2, 0.25) is 0 Å². The summed E-state index contributed by atoms with van der Waals surface area (Å²) in [5.74, 6) is 1.98. The minimum Gasteiger partial charge on any atom is -0.206 e. The average molecular weight is 119 g/mol. The molecule has 0 aromatic heterocycles. The first-order chi connectivity index (χ1) is 4.33. The van der Waals surface area contributed by atoms with Gasteiger partial charge in [0.1, 0.15) is 5.82 Å². The van der Waals surface area contributed by atoms with Gasteiger partial charge in [-0.1, -0.05) is 5.92 Å². The van der Waals surface area contributed by atoms with Gasteiger partial charge in [-0.3, -0.25) is 0 Å². The van der Waals surface area contributed by atoms with Gasteiger partial charge in [-0.25, -0.2) is 4.39 Å². The predicted octanol–water partition coefficient (Wildman–Crippen LogP) is 1.61. The molecule has 0 fully saturated rings. The zero-order valence-electron chi connectivity index (χ0n) is 4.69. The maximum atomic E-state index is 12.1. The highest BCUT2D eigenvalue weighted by Crippen LogP contribution is 1.98. The van der Waals surface area contributed by atoms with Gasteiger partial charge < -0.3 is 0 Å². The van der Waals surface area contributed by atoms with Gasteiger partial charge in [-0.15, -0.1) is 6.42 Å². The molecule has 1 aromatic rings. The normalized spacial score (nSPS) is 8.44. The lowest BCUT2D eigenvalue weighted by Gasteiger charge is -1.85. The number of terminal acetylenes is 1. The Hall–Kier alpha value is -1.29. The first kappa shape index (κ1) is 5.84. The lowest BCUT2D eigenvalue weighted by atomic mass is 10.2. The topological polar surface area (TPSA) is 0 Å². The lowest BCUT2D eigenvalue weighted by Crippen LogP contribution is -1.74. The van der Waals surface area contributed by atoms with Crippen molar-refractivity contribution in [2.45, 2.75) is 0 Å². The standard InChI is InChI=1S/C8H4F/c1-2-7-3-5-8(9)6-4-7/h1,3-5H. The third-order valence-corrected chi connectivity index (χ3v) is 0.941. The molecule has 9 heavy (non-hydrogen) atoms. The molecule has 0 atom stereocenters. The fraction of sp³-hybridized carbons (Fsp3) is 0. The molecule has 1 heteroatoms. The summed E-state index contributed by atoms with van der Waals surface area (Å²) in [5, 5.41) is 0. The zero-order chi connectivity index (χ0) is 6.69. The van der Waals surface area contributed by atoms with Crippen molar-refractivity contribution in [3.8, 4) is 12.3 Å². The smallest absolute Gasteiger partial charge is 0.131 e. The summed E-state index contributed by atoms with van der Waals surface area (Å²) in [6.07, 6.45) is 5.01. The second kappa shape index (κ2) is 2.32. The monoisotopic (exact) mass is 119 g/mol. The molecule has 43 valence electrons. The molecule has 0 aliphatic heterocycles. The summed E-state index contributed by atoms with van der Waals surface area (Å²) in [6.45, 7) is 0. The van der Waals surface area contributed by atoms with E-state index >= 15 is 0 Å². The van der Waals surface area contributed by atoms with Crippen LogP contribution < -0.4 is 0 Å². The Labute approximate surface area is 53.3 Å². The van der Waals surface area contributed by atoms with Crippen molar-refractivity contribution in [2.24, 2.45) is 0 Å². The molecule has 0 nitrogen and oxygen atoms in total. The van der Waals surface area contributed by atoms with Crippen molar-refractivity contribution >= 4 is 0 Å². The minimum atomic E-state index is -0.381. The Bertz CT molecular complexity index is 228. The molecule has 0 saturated heterocycles. The van der Waals surface area contributed by atoms with Gasteiger partial charge in [0.25, 0.3) is 0 Å². The molecule has 0 aliphatic carbocycles. The van der Waals surface area contributed by atoms with Crippen LogP contribution in [0, 0.1) is 24.2 Å². The first-order valence-corrected chi connectivity index (χ1v) is 2.47. The van der Waals surface area contributed by atoms with E-state index in [0.29, 0.717) is 5.56 Å². The molecule has 0 spiro atoms. The maximum absolute atomic E-state index is 12.1. The SMILES string of the molecule is C#Cc1c[c]c(F)cc1. The highest BCUT2D eigenvalue weighted by molar-refractivity contribution is 5.30. The van der Waals surface area contributed by atoms with E-state index in [4.69, 9.17) is 6.42 Å². The summed E-state index contributed by atoms with van der Waals surface area (Å²) in [6, 6.07) is 6.60. The van der Waals surface area contributed by atoms with Crippen molar-refractivity contribution in [3.05, 3.63) is 35.6 Å². The number of hydrogen-bond donors (Lipinski definition) is 0. The molecule has 0 unspecified atom stereocenters. The van der Waals surface area contributed by atoms with E-state index in [1.807, 2.05) is 0 Å². The van der Waals surface area contributed by atoms with Gasteiger partial charge >= 0.3 is 0 Å². The third-order valence-electron chi connectivity index (χ3n) is 0.941. The van der Waals surface area contributed by atoms with Crippen LogP contribution in [-0.4, -0.2) is 0 Å². The minimum absolute atomic E-state index is 0.381. The van der Waals surface area contributed by atoms with Crippen molar-refractivity contribution in [3.63, 3.8) is 0 Å². The van der Waals surface area contributed by atoms with Gasteiger partial charge in [0.15, 0.2) is 0 Å². The van der Waals surface area contributed by atoms with E-state index < -0.39 is 0 Å². The Kier molecular flexibility index (Phi) is 1.51. The second-order valence-electron chi connectivity index (χ2n) is 1.57. The average Bonchev–Trinajstić information content (AvgIpc) is 1.90. The van der Waals surface area contributed by atoms with E-state index in [9.17, 15) is 4.39 Å². The number of benzene rings is 1. The highest BCUT2D eigenvalue weighted by atomic mass is 19.1. The van der Waals surface area contributed by atoms with Crippen molar-refractivity contribution in [1.29, 1.82) is 0 Å². The summed E-state index contributed by atoms with van der Waals surface area (Å²) < 4.78 is 12.1. The van der Waals surface area contributed by atoms with Crippen LogP contribution in [0.4, 0.5) is 4.39 Å². The first-order valence-electron chi connectivity index (χ1n) is 2.47. The molecule has 1 rings (SSSR count). The van der Waals surface area contributed by atoms with Gasteiger partial charge in [0.05, 0.1) is 0 Å². The molecule has 0 saturated carbocycles. The predicted molar refractivity (Wildman–Crippen MR) is 33.2 cm³/mol. The van der Waals surface area contributed by atoms with Gasteiger partial charge in [0.2, 0.25) is 0 Å². The van der Waals surface area contributed by atoms with Gasteiger partial charge in [0, 0.05) is 11.6 Å². The Balaban J connectivity index is 3.06. The highest BCUT2D eigenvalue weighted by Gasteiger charge is 1.86. The summed E-state index contributed by atoms with van der Waals surface area (Å²) in [5.41, 5.74) is 0.649.